The highest BCUT2D eigenvalue weighted by atomic mass is 32.1. The van der Waals surface area contributed by atoms with Crippen LogP contribution in [0, 0.1) is 6.92 Å². The number of benzene rings is 2. The average Bonchev–Trinajstić information content (AvgIpc) is 4.02. The molecule has 0 bridgehead atoms. The van der Waals surface area contributed by atoms with Crippen LogP contribution in [0.25, 0.3) is 0 Å². The second-order valence-corrected chi connectivity index (χ2v) is 16.9. The molecule has 1 aliphatic rings. The zero-order valence-corrected chi connectivity index (χ0v) is 35.5. The Kier molecular flexibility index (Phi) is 15.2. The first-order valence-electron chi connectivity index (χ1n) is 19.8. The SMILES string of the molecule is Cc1nnc2n1CCN(C(=O)CC(NC(=O)N(C)Cc1csc(C(C)C)n1)C(=O)NC(CCC(Cc1ccccc1)NC(=O)OCc1cncs1)Cc1ccccc1)C2. The van der Waals surface area contributed by atoms with E-state index in [1.54, 1.807) is 35.0 Å². The third kappa shape index (κ3) is 12.7. The summed E-state index contributed by atoms with van der Waals surface area (Å²) in [6, 6.07) is 17.3. The molecule has 15 nitrogen and oxygen atoms in total. The van der Waals surface area contributed by atoms with Gasteiger partial charge in [0.05, 0.1) is 40.6 Å². The van der Waals surface area contributed by atoms with Crippen LogP contribution in [0.15, 0.2) is 77.8 Å². The number of carbonyl (C=O) groups excluding carboxylic acids is 4. The van der Waals surface area contributed by atoms with E-state index in [4.69, 9.17) is 4.74 Å². The van der Waals surface area contributed by atoms with Crippen LogP contribution < -0.4 is 16.0 Å². The van der Waals surface area contributed by atoms with E-state index in [0.29, 0.717) is 44.6 Å². The minimum Gasteiger partial charge on any atom is -0.444 e. The van der Waals surface area contributed by atoms with Crippen LogP contribution in [-0.4, -0.2) is 90.2 Å². The first-order chi connectivity index (χ1) is 28.5. The second kappa shape index (κ2) is 20.8. The van der Waals surface area contributed by atoms with Crippen molar-refractivity contribution in [2.75, 3.05) is 13.6 Å². The van der Waals surface area contributed by atoms with Gasteiger partial charge in [-0.1, -0.05) is 74.5 Å². The number of aryl methyl sites for hydroxylation is 1. The van der Waals surface area contributed by atoms with Crippen LogP contribution in [-0.2, 0) is 53.4 Å². The van der Waals surface area contributed by atoms with E-state index >= 15 is 0 Å². The maximum Gasteiger partial charge on any atom is 0.407 e. The monoisotopic (exact) mass is 840 g/mol. The quantitative estimate of drug-likeness (QED) is 0.101. The van der Waals surface area contributed by atoms with Gasteiger partial charge in [-0.25, -0.2) is 14.6 Å². The number of hydrogen-bond acceptors (Lipinski definition) is 11. The smallest absolute Gasteiger partial charge is 0.407 e. The molecule has 0 fully saturated rings. The Balaban J connectivity index is 1.18. The van der Waals surface area contributed by atoms with Crippen molar-refractivity contribution < 1.29 is 23.9 Å². The minimum atomic E-state index is -1.18. The standard InChI is InChI=1S/C42H52N10O5S2/c1-28(2)40-45-34(26-58-40)23-50(4)41(55)47-36(21-38(53)51-17-18-52-29(3)48-49-37(52)24-51)39(54)44-32(19-30-11-7-5-8-12-30)15-16-33(20-31-13-9-6-10-14-31)46-42(56)57-25-35-22-43-27-59-35/h5-14,22,26-28,32-33,36H,15-21,23-25H2,1-4H3,(H,44,54)(H,46,56)(H,47,55). The highest BCUT2D eigenvalue weighted by molar-refractivity contribution is 7.09. The van der Waals surface area contributed by atoms with Crippen molar-refractivity contribution in [1.82, 2.24) is 50.5 Å². The molecule has 6 rings (SSSR count). The predicted molar refractivity (Wildman–Crippen MR) is 225 cm³/mol. The number of hydrogen-bond donors (Lipinski definition) is 3. The number of alkyl carbamates (subject to hydrolysis) is 1. The molecule has 5 amide bonds. The van der Waals surface area contributed by atoms with Gasteiger partial charge in [0.2, 0.25) is 11.8 Å². The Morgan fingerprint density at radius 2 is 1.56 bits per heavy atom. The number of urea groups is 1. The van der Waals surface area contributed by atoms with Crippen molar-refractivity contribution >= 4 is 46.6 Å². The van der Waals surface area contributed by atoms with Gasteiger partial charge >= 0.3 is 12.1 Å². The molecule has 2 aromatic carbocycles. The van der Waals surface area contributed by atoms with Gasteiger partial charge < -0.3 is 35.1 Å². The van der Waals surface area contributed by atoms with Gasteiger partial charge in [-0.2, -0.15) is 0 Å². The van der Waals surface area contributed by atoms with Crippen LogP contribution in [0.2, 0.25) is 0 Å². The topological polar surface area (TPSA) is 177 Å². The predicted octanol–water partition coefficient (Wildman–Crippen LogP) is 5.61. The summed E-state index contributed by atoms with van der Waals surface area (Å²) in [7, 11) is 1.64. The second-order valence-electron chi connectivity index (χ2n) is 15.1. The van der Waals surface area contributed by atoms with E-state index < -0.39 is 30.1 Å². The molecular formula is C42H52N10O5S2. The van der Waals surface area contributed by atoms with Crippen LogP contribution in [0.1, 0.15) is 77.4 Å². The lowest BCUT2D eigenvalue weighted by atomic mass is 9.95. The van der Waals surface area contributed by atoms with Crippen LogP contribution in [0.3, 0.4) is 0 Å². The van der Waals surface area contributed by atoms with E-state index in [1.165, 1.54) is 16.2 Å². The van der Waals surface area contributed by atoms with Crippen molar-refractivity contribution in [3.8, 4) is 0 Å². The van der Waals surface area contributed by atoms with E-state index in [1.807, 2.05) is 77.5 Å². The summed E-state index contributed by atoms with van der Waals surface area (Å²) in [5, 5.41) is 20.4. The highest BCUT2D eigenvalue weighted by Crippen LogP contribution is 2.21. The Labute approximate surface area is 352 Å². The van der Waals surface area contributed by atoms with Crippen LogP contribution in [0.5, 0.6) is 0 Å². The summed E-state index contributed by atoms with van der Waals surface area (Å²) in [5.41, 5.74) is 4.48. The third-order valence-electron chi connectivity index (χ3n) is 10.1. The van der Waals surface area contributed by atoms with Crippen LogP contribution in [0.4, 0.5) is 9.59 Å². The molecule has 312 valence electrons. The number of amides is 5. The van der Waals surface area contributed by atoms with Gasteiger partial charge in [0, 0.05) is 49.7 Å². The van der Waals surface area contributed by atoms with Crippen LogP contribution >= 0.6 is 22.7 Å². The largest absolute Gasteiger partial charge is 0.444 e. The normalized spacial score (nSPS) is 13.9. The molecule has 0 aliphatic carbocycles. The Morgan fingerprint density at radius 1 is 0.881 bits per heavy atom. The van der Waals surface area contributed by atoms with Gasteiger partial charge in [0.1, 0.15) is 18.5 Å². The summed E-state index contributed by atoms with van der Waals surface area (Å²) in [5.74, 6) is 0.938. The Bertz CT molecular complexity index is 2130. The molecule has 0 saturated carbocycles. The van der Waals surface area contributed by atoms with E-state index in [-0.39, 0.29) is 44.0 Å². The lowest BCUT2D eigenvalue weighted by Crippen LogP contribution is -2.54. The summed E-state index contributed by atoms with van der Waals surface area (Å²) in [4.78, 5) is 67.7. The molecule has 3 unspecified atom stereocenters. The number of carbonyl (C=O) groups is 4. The number of nitrogens with zero attached hydrogens (tertiary/aromatic N) is 7. The average molecular weight is 841 g/mol. The fraction of sp³-hybridized carbons (Fsp3) is 0.429. The molecule has 59 heavy (non-hydrogen) atoms. The fourth-order valence-electron chi connectivity index (χ4n) is 6.87. The van der Waals surface area contributed by atoms with E-state index in [2.05, 4.69) is 50.0 Å². The Morgan fingerprint density at radius 3 is 2.19 bits per heavy atom. The van der Waals surface area contributed by atoms with Crippen molar-refractivity contribution in [3.05, 3.63) is 116 Å². The maximum absolute atomic E-state index is 14.4. The molecule has 0 radical (unpaired) electrons. The molecule has 4 heterocycles. The van der Waals surface area contributed by atoms with Gasteiger partial charge in [0.15, 0.2) is 5.82 Å². The number of rotatable bonds is 18. The summed E-state index contributed by atoms with van der Waals surface area (Å²) < 4.78 is 7.50. The van der Waals surface area contributed by atoms with Crippen molar-refractivity contribution in [2.24, 2.45) is 0 Å². The van der Waals surface area contributed by atoms with Crippen molar-refractivity contribution in [1.29, 1.82) is 0 Å². The Hall–Kier alpha value is -5.68. The molecule has 5 aromatic rings. The molecule has 3 aromatic heterocycles. The number of fused-ring (bicyclic) bond motifs is 1. The van der Waals surface area contributed by atoms with Gasteiger partial charge in [-0.3, -0.25) is 14.6 Å². The summed E-state index contributed by atoms with van der Waals surface area (Å²) >= 11 is 2.95. The zero-order chi connectivity index (χ0) is 41.7. The molecule has 3 atom stereocenters. The third-order valence-corrected chi connectivity index (χ3v) is 12.1. The molecule has 3 N–H and O–H groups in total. The summed E-state index contributed by atoms with van der Waals surface area (Å²) in [6.07, 6.45) is 2.88. The number of thiazole rings is 2. The highest BCUT2D eigenvalue weighted by Gasteiger charge is 2.32. The number of ether oxygens (including phenoxy) is 1. The first-order valence-corrected chi connectivity index (χ1v) is 21.6. The molecule has 0 spiro atoms. The lowest BCUT2D eigenvalue weighted by Gasteiger charge is -2.30. The molecule has 17 heteroatoms. The number of nitrogens with one attached hydrogen (secondary N) is 3. The fourth-order valence-corrected chi connectivity index (χ4v) is 8.21. The maximum atomic E-state index is 14.4. The lowest BCUT2D eigenvalue weighted by molar-refractivity contribution is -0.136. The van der Waals surface area contributed by atoms with Gasteiger partial charge in [0.25, 0.3) is 0 Å². The summed E-state index contributed by atoms with van der Waals surface area (Å²) in [6.45, 7) is 7.57. The van der Waals surface area contributed by atoms with E-state index in [9.17, 15) is 19.2 Å². The molecular weight excluding hydrogens is 789 g/mol. The van der Waals surface area contributed by atoms with Crippen molar-refractivity contribution in [2.45, 2.75) is 103 Å². The van der Waals surface area contributed by atoms with Gasteiger partial charge in [-0.15, -0.1) is 32.9 Å². The van der Waals surface area contributed by atoms with E-state index in [0.717, 1.165) is 32.5 Å². The zero-order valence-electron chi connectivity index (χ0n) is 33.9. The molecule has 0 saturated heterocycles. The van der Waals surface area contributed by atoms with Gasteiger partial charge in [-0.05, 0) is 43.7 Å². The molecule has 1 aliphatic heterocycles. The minimum absolute atomic E-state index is 0.113. The number of aromatic nitrogens is 5. The van der Waals surface area contributed by atoms with Crippen molar-refractivity contribution in [3.63, 3.8) is 0 Å². The first kappa shape index (κ1) is 42.9.